The molecule has 2 heteroatoms. The van der Waals surface area contributed by atoms with E-state index in [2.05, 4.69) is 26.0 Å². The summed E-state index contributed by atoms with van der Waals surface area (Å²) in [6, 6.07) is 0. The van der Waals surface area contributed by atoms with Crippen LogP contribution in [0.25, 0.3) is 0 Å². The molecule has 2 nitrogen and oxygen atoms in total. The third-order valence-corrected chi connectivity index (χ3v) is 8.45. The molecular weight excluding hydrogens is 284 g/mol. The van der Waals surface area contributed by atoms with E-state index in [0.717, 1.165) is 36.4 Å². The average molecular weight is 312 g/mol. The molecule has 0 N–H and O–H groups in total. The van der Waals surface area contributed by atoms with Gasteiger partial charge < -0.3 is 4.74 Å². The van der Waals surface area contributed by atoms with Crippen LogP contribution in [0, 0.1) is 40.4 Å². The van der Waals surface area contributed by atoms with Gasteiger partial charge in [0.15, 0.2) is 0 Å². The van der Waals surface area contributed by atoms with Crippen LogP contribution in [0.3, 0.4) is 0 Å². The molecule has 0 bridgehead atoms. The summed E-state index contributed by atoms with van der Waals surface area (Å²) in [5, 5.41) is 0. The zero-order valence-corrected chi connectivity index (χ0v) is 14.6. The highest BCUT2D eigenvalue weighted by atomic mass is 16.5. The molecule has 3 saturated carbocycles. The normalized spacial score (nSPS) is 53.3. The van der Waals surface area contributed by atoms with Crippen LogP contribution >= 0.6 is 0 Å². The third kappa shape index (κ3) is 1.63. The predicted octanol–water partition coefficient (Wildman–Crippen LogP) is 4.51. The SMILES string of the molecule is COC1=CC2=CC[C@@H]3[C@H](CC[C@]4(C)C(=O)C5CC5[C@@H]34)[C@@]2(C)CC1. The first-order valence-electron chi connectivity index (χ1n) is 9.48. The number of carbonyl (C=O) groups is 1. The molecule has 0 radical (unpaired) electrons. The van der Waals surface area contributed by atoms with Gasteiger partial charge in [-0.15, -0.1) is 0 Å². The molecule has 0 aromatic carbocycles. The van der Waals surface area contributed by atoms with Gasteiger partial charge in [-0.25, -0.2) is 0 Å². The van der Waals surface area contributed by atoms with Crippen molar-refractivity contribution in [1.29, 1.82) is 0 Å². The first-order chi connectivity index (χ1) is 11.0. The minimum absolute atomic E-state index is 0.0125. The Morgan fingerprint density at radius 2 is 2.00 bits per heavy atom. The van der Waals surface area contributed by atoms with Crippen molar-refractivity contribution in [3.05, 3.63) is 23.5 Å². The molecule has 0 aliphatic heterocycles. The van der Waals surface area contributed by atoms with Crippen LogP contribution in [0.2, 0.25) is 0 Å². The molecule has 0 saturated heterocycles. The molecule has 0 aromatic rings. The maximum atomic E-state index is 12.8. The van der Waals surface area contributed by atoms with Crippen molar-refractivity contribution >= 4 is 5.78 Å². The van der Waals surface area contributed by atoms with Gasteiger partial charge in [0.25, 0.3) is 0 Å². The lowest BCUT2D eigenvalue weighted by atomic mass is 9.48. The second-order valence-electron chi connectivity index (χ2n) is 9.25. The van der Waals surface area contributed by atoms with E-state index >= 15 is 0 Å². The number of Topliss-reactive ketones (excluding diaryl/α,β-unsaturated/α-hetero) is 1. The molecule has 124 valence electrons. The topological polar surface area (TPSA) is 26.3 Å². The largest absolute Gasteiger partial charge is 0.501 e. The molecule has 5 aliphatic rings. The highest BCUT2D eigenvalue weighted by Crippen LogP contribution is 2.71. The summed E-state index contributed by atoms with van der Waals surface area (Å²) in [7, 11) is 1.80. The van der Waals surface area contributed by atoms with Crippen LogP contribution in [0.4, 0.5) is 0 Å². The number of ketones is 1. The Balaban J connectivity index is 1.54. The fraction of sp³-hybridized carbons (Fsp3) is 0.762. The number of ether oxygens (including phenoxy) is 1. The van der Waals surface area contributed by atoms with Crippen molar-refractivity contribution in [1.82, 2.24) is 0 Å². The number of methoxy groups -OCH3 is 1. The Morgan fingerprint density at radius 1 is 1.17 bits per heavy atom. The van der Waals surface area contributed by atoms with Crippen molar-refractivity contribution < 1.29 is 9.53 Å². The van der Waals surface area contributed by atoms with E-state index in [4.69, 9.17) is 4.74 Å². The predicted molar refractivity (Wildman–Crippen MR) is 89.5 cm³/mol. The lowest BCUT2D eigenvalue weighted by Gasteiger charge is -2.56. The van der Waals surface area contributed by atoms with Gasteiger partial charge in [-0.05, 0) is 72.8 Å². The van der Waals surface area contributed by atoms with Gasteiger partial charge >= 0.3 is 0 Å². The molecule has 5 aliphatic carbocycles. The van der Waals surface area contributed by atoms with Crippen LogP contribution < -0.4 is 0 Å². The maximum Gasteiger partial charge on any atom is 0.142 e. The average Bonchev–Trinajstić information content (AvgIpc) is 3.28. The fourth-order valence-electron chi connectivity index (χ4n) is 7.13. The summed E-state index contributed by atoms with van der Waals surface area (Å²) in [5.41, 5.74) is 1.84. The maximum absolute atomic E-state index is 12.8. The van der Waals surface area contributed by atoms with E-state index in [1.54, 1.807) is 7.11 Å². The zero-order chi connectivity index (χ0) is 16.0. The smallest absolute Gasteiger partial charge is 0.142 e. The molecule has 2 unspecified atom stereocenters. The molecule has 5 rings (SSSR count). The Labute approximate surface area is 139 Å². The van der Waals surface area contributed by atoms with Crippen molar-refractivity contribution in [2.45, 2.75) is 52.4 Å². The first kappa shape index (κ1) is 14.3. The van der Waals surface area contributed by atoms with Crippen molar-refractivity contribution in [2.24, 2.45) is 40.4 Å². The van der Waals surface area contributed by atoms with Crippen LogP contribution in [0.5, 0.6) is 0 Å². The fourth-order valence-corrected chi connectivity index (χ4v) is 7.13. The minimum Gasteiger partial charge on any atom is -0.501 e. The second-order valence-corrected chi connectivity index (χ2v) is 9.25. The van der Waals surface area contributed by atoms with Gasteiger partial charge in [0.2, 0.25) is 0 Å². The van der Waals surface area contributed by atoms with E-state index in [9.17, 15) is 4.79 Å². The molecule has 0 amide bonds. The Morgan fingerprint density at radius 3 is 2.78 bits per heavy atom. The number of rotatable bonds is 1. The quantitative estimate of drug-likeness (QED) is 0.712. The van der Waals surface area contributed by atoms with Crippen molar-refractivity contribution in [2.75, 3.05) is 7.11 Å². The molecule has 0 heterocycles. The lowest BCUT2D eigenvalue weighted by Crippen LogP contribution is -2.50. The second kappa shape index (κ2) is 4.32. The van der Waals surface area contributed by atoms with Gasteiger partial charge in [-0.2, -0.15) is 0 Å². The standard InChI is InChI=1S/C21H28O2/c1-20-8-6-13(23-3)10-12(20)4-5-14-17(20)7-9-21(2)18(14)15-11-16(15)19(21)22/h4,10,14-18H,5-9,11H2,1-3H3/t14-,15?,16?,17+,18-,20+,21+/m1/s1. The van der Waals surface area contributed by atoms with Gasteiger partial charge in [0.1, 0.15) is 5.78 Å². The number of hydrogen-bond donors (Lipinski definition) is 0. The molecule has 3 fully saturated rings. The monoisotopic (exact) mass is 312 g/mol. The van der Waals surface area contributed by atoms with Crippen LogP contribution in [-0.2, 0) is 9.53 Å². The summed E-state index contributed by atoms with van der Waals surface area (Å²) >= 11 is 0. The molecular formula is C21H28O2. The van der Waals surface area contributed by atoms with Crippen LogP contribution in [-0.4, -0.2) is 12.9 Å². The highest BCUT2D eigenvalue weighted by Gasteiger charge is 2.69. The summed E-state index contributed by atoms with van der Waals surface area (Å²) < 4.78 is 5.52. The first-order valence-corrected chi connectivity index (χ1v) is 9.48. The summed E-state index contributed by atoms with van der Waals surface area (Å²) in [6.45, 7) is 4.79. The minimum atomic E-state index is 0.0125. The Bertz CT molecular complexity index is 644. The Kier molecular flexibility index (Phi) is 2.69. The summed E-state index contributed by atoms with van der Waals surface area (Å²) in [6.07, 6.45) is 11.8. The van der Waals surface area contributed by atoms with Crippen molar-refractivity contribution in [3.63, 3.8) is 0 Å². The summed E-state index contributed by atoms with van der Waals surface area (Å²) in [5.74, 6) is 5.10. The van der Waals surface area contributed by atoms with E-state index in [0.29, 0.717) is 23.0 Å². The number of hydrogen-bond acceptors (Lipinski definition) is 2. The van der Waals surface area contributed by atoms with E-state index in [1.807, 2.05) is 0 Å². The molecule has 7 atom stereocenters. The number of carbonyl (C=O) groups excluding carboxylic acids is 1. The van der Waals surface area contributed by atoms with Gasteiger partial charge in [-0.3, -0.25) is 4.79 Å². The van der Waals surface area contributed by atoms with Gasteiger partial charge in [-0.1, -0.05) is 19.9 Å². The number of allylic oxidation sites excluding steroid dienone is 4. The van der Waals surface area contributed by atoms with Gasteiger partial charge in [0, 0.05) is 17.8 Å². The van der Waals surface area contributed by atoms with E-state index < -0.39 is 0 Å². The van der Waals surface area contributed by atoms with E-state index in [-0.39, 0.29) is 5.41 Å². The van der Waals surface area contributed by atoms with Gasteiger partial charge in [0.05, 0.1) is 12.9 Å². The molecule has 23 heavy (non-hydrogen) atoms. The molecule has 0 aromatic heterocycles. The molecule has 0 spiro atoms. The lowest BCUT2D eigenvalue weighted by molar-refractivity contribution is -0.135. The highest BCUT2D eigenvalue weighted by molar-refractivity contribution is 5.92. The Hall–Kier alpha value is -1.05. The van der Waals surface area contributed by atoms with Crippen molar-refractivity contribution in [3.8, 4) is 0 Å². The van der Waals surface area contributed by atoms with E-state index in [1.165, 1.54) is 31.3 Å². The zero-order valence-electron chi connectivity index (χ0n) is 14.6. The third-order valence-electron chi connectivity index (χ3n) is 8.45. The van der Waals surface area contributed by atoms with Crippen LogP contribution in [0.1, 0.15) is 52.4 Å². The van der Waals surface area contributed by atoms with Crippen LogP contribution in [0.15, 0.2) is 23.5 Å². The number of fused-ring (bicyclic) bond motifs is 7. The summed E-state index contributed by atoms with van der Waals surface area (Å²) in [4.78, 5) is 12.8.